The summed E-state index contributed by atoms with van der Waals surface area (Å²) in [5.41, 5.74) is 2.81. The van der Waals surface area contributed by atoms with Crippen LogP contribution in [0.25, 0.3) is 23.1 Å². The van der Waals surface area contributed by atoms with Gasteiger partial charge >= 0.3 is 6.61 Å². The van der Waals surface area contributed by atoms with Crippen molar-refractivity contribution in [1.82, 2.24) is 4.98 Å². The van der Waals surface area contributed by atoms with Crippen molar-refractivity contribution in [1.29, 1.82) is 0 Å². The molecule has 1 heterocycles. The number of nitrogens with zero attached hydrogens (tertiary/aromatic N) is 1. The molecule has 3 nitrogen and oxygen atoms in total. The van der Waals surface area contributed by atoms with Crippen LogP contribution in [0.3, 0.4) is 0 Å². The quantitative estimate of drug-likeness (QED) is 0.495. The van der Waals surface area contributed by atoms with E-state index in [2.05, 4.69) is 9.72 Å². The summed E-state index contributed by atoms with van der Waals surface area (Å²) in [6.45, 7) is -2.35. The van der Waals surface area contributed by atoms with Gasteiger partial charge < -0.3 is 9.47 Å². The lowest BCUT2D eigenvalue weighted by molar-refractivity contribution is -0.0515. The van der Waals surface area contributed by atoms with E-state index in [0.29, 0.717) is 18.3 Å². The van der Waals surface area contributed by atoms with Gasteiger partial charge in [-0.1, -0.05) is 36.4 Å². The van der Waals surface area contributed by atoms with Crippen molar-refractivity contribution in [3.63, 3.8) is 0 Å². The summed E-state index contributed by atoms with van der Waals surface area (Å²) in [4.78, 5) is 4.36. The predicted octanol–water partition coefficient (Wildman–Crippen LogP) is 5.80. The van der Waals surface area contributed by atoms with Crippen LogP contribution in [-0.2, 0) is 0 Å². The van der Waals surface area contributed by atoms with Gasteiger partial charge in [-0.25, -0.2) is 0 Å². The lowest BCUT2D eigenvalue weighted by Gasteiger charge is -2.12. The number of aromatic nitrogens is 1. The van der Waals surface area contributed by atoms with Crippen LogP contribution < -0.4 is 9.47 Å². The Hall–Kier alpha value is -2.95. The minimum absolute atomic E-state index is 0.0668. The number of fused-ring (bicyclic) bond motifs is 1. The first-order valence-corrected chi connectivity index (χ1v) is 8.92. The fraction of sp³-hybridized carbons (Fsp3) is 0.227. The third-order valence-corrected chi connectivity index (χ3v) is 4.49. The second-order valence-corrected chi connectivity index (χ2v) is 6.59. The smallest absolute Gasteiger partial charge is 0.387 e. The average Bonchev–Trinajstić information content (AvgIpc) is 3.50. The Morgan fingerprint density at radius 2 is 1.93 bits per heavy atom. The number of hydrogen-bond donors (Lipinski definition) is 0. The van der Waals surface area contributed by atoms with Crippen molar-refractivity contribution < 1.29 is 18.3 Å². The molecule has 0 atom stereocenters. The van der Waals surface area contributed by atoms with E-state index in [9.17, 15) is 8.78 Å². The third-order valence-electron chi connectivity index (χ3n) is 4.49. The maximum Gasteiger partial charge on any atom is 0.387 e. The van der Waals surface area contributed by atoms with Crippen molar-refractivity contribution in [3.05, 3.63) is 65.9 Å². The number of pyridine rings is 1. The van der Waals surface area contributed by atoms with Gasteiger partial charge in [0.2, 0.25) is 0 Å². The van der Waals surface area contributed by atoms with E-state index >= 15 is 0 Å². The summed E-state index contributed by atoms with van der Waals surface area (Å²) in [5, 5.41) is 1.05. The van der Waals surface area contributed by atoms with Gasteiger partial charge in [-0.3, -0.25) is 4.98 Å². The molecule has 0 amide bonds. The first kappa shape index (κ1) is 17.5. The van der Waals surface area contributed by atoms with Crippen molar-refractivity contribution >= 4 is 23.1 Å². The zero-order valence-corrected chi connectivity index (χ0v) is 14.6. The highest BCUT2D eigenvalue weighted by atomic mass is 19.3. The lowest BCUT2D eigenvalue weighted by Crippen LogP contribution is -2.06. The van der Waals surface area contributed by atoms with Crippen LogP contribution in [0.2, 0.25) is 0 Å². The highest BCUT2D eigenvalue weighted by molar-refractivity contribution is 5.90. The molecule has 3 aromatic rings. The highest BCUT2D eigenvalue weighted by Gasteiger charge is 2.23. The van der Waals surface area contributed by atoms with Crippen LogP contribution in [0, 0.1) is 5.92 Å². The Bertz CT molecular complexity index is 962. The Balaban J connectivity index is 1.60. The minimum atomic E-state index is -2.88. The number of benzene rings is 2. The summed E-state index contributed by atoms with van der Waals surface area (Å²) in [6, 6.07) is 14.9. The van der Waals surface area contributed by atoms with Gasteiger partial charge in [0.15, 0.2) is 11.5 Å². The van der Waals surface area contributed by atoms with Crippen LogP contribution in [0.5, 0.6) is 11.5 Å². The summed E-state index contributed by atoms with van der Waals surface area (Å²) in [7, 11) is 0. The number of hydrogen-bond acceptors (Lipinski definition) is 3. The molecule has 0 bridgehead atoms. The third kappa shape index (κ3) is 4.42. The van der Waals surface area contributed by atoms with Gasteiger partial charge in [-0.2, -0.15) is 8.78 Å². The lowest BCUT2D eigenvalue weighted by atomic mass is 10.1. The average molecular weight is 367 g/mol. The van der Waals surface area contributed by atoms with Gasteiger partial charge in [-0.05, 0) is 54.2 Å². The molecule has 2 aromatic carbocycles. The second-order valence-electron chi connectivity index (χ2n) is 6.59. The van der Waals surface area contributed by atoms with E-state index in [1.807, 2.05) is 42.5 Å². The number of rotatable bonds is 7. The van der Waals surface area contributed by atoms with Crippen LogP contribution in [0.15, 0.2) is 54.7 Å². The SMILES string of the molecule is FC(F)Oc1ccc(C=Cc2cccc3ncccc23)cc1OCC1CC1. The first-order valence-electron chi connectivity index (χ1n) is 8.92. The zero-order chi connectivity index (χ0) is 18.6. The Kier molecular flexibility index (Phi) is 5.01. The van der Waals surface area contributed by atoms with Crippen molar-refractivity contribution in [2.45, 2.75) is 19.5 Å². The predicted molar refractivity (Wildman–Crippen MR) is 102 cm³/mol. The Morgan fingerprint density at radius 1 is 1.04 bits per heavy atom. The molecule has 0 spiro atoms. The summed E-state index contributed by atoms with van der Waals surface area (Å²) >= 11 is 0. The molecule has 1 saturated carbocycles. The standard InChI is InChI=1S/C22H19F2NO2/c23-22(24)27-20-11-9-15(13-21(20)26-14-16-6-7-16)8-10-17-3-1-5-19-18(17)4-2-12-25-19/h1-5,8-13,16,22H,6-7,14H2. The topological polar surface area (TPSA) is 31.4 Å². The molecule has 4 rings (SSSR count). The molecule has 0 saturated heterocycles. The molecule has 27 heavy (non-hydrogen) atoms. The largest absolute Gasteiger partial charge is 0.489 e. The van der Waals surface area contributed by atoms with E-state index in [1.54, 1.807) is 18.3 Å². The molecule has 0 unspecified atom stereocenters. The summed E-state index contributed by atoms with van der Waals surface area (Å²) < 4.78 is 35.6. The molecular formula is C22H19F2NO2. The molecule has 1 aliphatic carbocycles. The van der Waals surface area contributed by atoms with E-state index in [4.69, 9.17) is 4.74 Å². The first-order chi connectivity index (χ1) is 13.2. The van der Waals surface area contributed by atoms with Crippen LogP contribution in [0.1, 0.15) is 24.0 Å². The fourth-order valence-electron chi connectivity index (χ4n) is 2.89. The van der Waals surface area contributed by atoms with Crippen LogP contribution in [-0.4, -0.2) is 18.2 Å². The second kappa shape index (κ2) is 7.74. The number of alkyl halides is 2. The monoisotopic (exact) mass is 367 g/mol. The minimum Gasteiger partial charge on any atom is -0.489 e. The zero-order valence-electron chi connectivity index (χ0n) is 14.6. The van der Waals surface area contributed by atoms with E-state index in [1.165, 1.54) is 6.07 Å². The van der Waals surface area contributed by atoms with Crippen molar-refractivity contribution in [2.24, 2.45) is 5.92 Å². The fourth-order valence-corrected chi connectivity index (χ4v) is 2.89. The summed E-state index contributed by atoms with van der Waals surface area (Å²) in [5.74, 6) is 0.938. The molecule has 5 heteroatoms. The number of ether oxygens (including phenoxy) is 2. The van der Waals surface area contributed by atoms with Crippen LogP contribution in [0.4, 0.5) is 8.78 Å². The van der Waals surface area contributed by atoms with Crippen molar-refractivity contribution in [3.8, 4) is 11.5 Å². The molecule has 138 valence electrons. The number of halogens is 2. The normalized spacial score (nSPS) is 14.2. The highest BCUT2D eigenvalue weighted by Crippen LogP contribution is 2.34. The maximum atomic E-state index is 12.6. The molecule has 0 radical (unpaired) electrons. The van der Waals surface area contributed by atoms with Gasteiger partial charge in [0.05, 0.1) is 12.1 Å². The van der Waals surface area contributed by atoms with E-state index < -0.39 is 6.61 Å². The molecule has 0 N–H and O–H groups in total. The van der Waals surface area contributed by atoms with Gasteiger partial charge in [0.25, 0.3) is 0 Å². The summed E-state index contributed by atoms with van der Waals surface area (Å²) in [6.07, 6.45) is 7.93. The Labute approximate surface area is 156 Å². The molecule has 1 aliphatic rings. The molecular weight excluding hydrogens is 348 g/mol. The van der Waals surface area contributed by atoms with Gasteiger partial charge in [-0.15, -0.1) is 0 Å². The molecule has 0 aliphatic heterocycles. The Morgan fingerprint density at radius 3 is 2.74 bits per heavy atom. The van der Waals surface area contributed by atoms with E-state index in [-0.39, 0.29) is 5.75 Å². The molecule has 1 fully saturated rings. The van der Waals surface area contributed by atoms with Gasteiger partial charge in [0, 0.05) is 11.6 Å². The van der Waals surface area contributed by atoms with E-state index in [0.717, 1.165) is 34.9 Å². The van der Waals surface area contributed by atoms with Crippen molar-refractivity contribution in [2.75, 3.05) is 6.61 Å². The van der Waals surface area contributed by atoms with Gasteiger partial charge in [0.1, 0.15) is 0 Å². The van der Waals surface area contributed by atoms with Crippen LogP contribution >= 0.6 is 0 Å². The molecule has 1 aromatic heterocycles. The maximum absolute atomic E-state index is 12.6.